The first kappa shape index (κ1) is 7.88. The molecule has 0 aromatic carbocycles. The highest BCUT2D eigenvalue weighted by atomic mass is 19.1. The molecule has 0 bridgehead atoms. The van der Waals surface area contributed by atoms with Crippen LogP contribution in [0.3, 0.4) is 0 Å². The highest BCUT2D eigenvalue weighted by Gasteiger charge is 1.91. The number of halogens is 1. The van der Waals surface area contributed by atoms with E-state index < -0.39 is 12.4 Å². The molecule has 0 unspecified atom stereocenters. The SMILES string of the molecule is OC/C(F)=C/c1ccccn1. The van der Waals surface area contributed by atoms with Crippen LogP contribution < -0.4 is 0 Å². The maximum atomic E-state index is 12.4. The zero-order valence-corrected chi connectivity index (χ0v) is 5.87. The largest absolute Gasteiger partial charge is 0.389 e. The molecule has 1 N–H and O–H groups in total. The van der Waals surface area contributed by atoms with Gasteiger partial charge in [0.05, 0.1) is 12.3 Å². The fourth-order valence-corrected chi connectivity index (χ4v) is 0.667. The minimum Gasteiger partial charge on any atom is -0.389 e. The Balaban J connectivity index is 2.79. The molecule has 0 radical (unpaired) electrons. The molecule has 3 heteroatoms. The smallest absolute Gasteiger partial charge is 0.127 e. The number of hydrogen-bond donors (Lipinski definition) is 1. The quantitative estimate of drug-likeness (QED) is 0.696. The van der Waals surface area contributed by atoms with E-state index in [2.05, 4.69) is 4.98 Å². The van der Waals surface area contributed by atoms with Crippen molar-refractivity contribution in [2.45, 2.75) is 0 Å². The predicted octanol–water partition coefficient (Wildman–Crippen LogP) is 1.38. The van der Waals surface area contributed by atoms with E-state index in [0.29, 0.717) is 5.69 Å². The summed E-state index contributed by atoms with van der Waals surface area (Å²) >= 11 is 0. The summed E-state index contributed by atoms with van der Waals surface area (Å²) in [5.74, 6) is -0.580. The third-order valence-electron chi connectivity index (χ3n) is 1.14. The van der Waals surface area contributed by atoms with E-state index in [-0.39, 0.29) is 0 Å². The lowest BCUT2D eigenvalue weighted by atomic mass is 10.3. The normalized spacial score (nSPS) is 11.6. The number of aromatic nitrogens is 1. The van der Waals surface area contributed by atoms with Gasteiger partial charge in [0.15, 0.2) is 0 Å². The average Bonchev–Trinajstić information content (AvgIpc) is 2.06. The van der Waals surface area contributed by atoms with Gasteiger partial charge in [-0.15, -0.1) is 0 Å². The highest BCUT2D eigenvalue weighted by Crippen LogP contribution is 2.02. The van der Waals surface area contributed by atoms with E-state index in [1.165, 1.54) is 6.08 Å². The lowest BCUT2D eigenvalue weighted by Crippen LogP contribution is -1.83. The maximum Gasteiger partial charge on any atom is 0.127 e. The van der Waals surface area contributed by atoms with E-state index in [9.17, 15) is 4.39 Å². The summed E-state index contributed by atoms with van der Waals surface area (Å²) in [6, 6.07) is 5.16. The van der Waals surface area contributed by atoms with E-state index in [1.807, 2.05) is 0 Å². The molecule has 1 aromatic rings. The molecule has 0 aliphatic carbocycles. The molecular formula is C8H8FNO. The Morgan fingerprint density at radius 2 is 2.45 bits per heavy atom. The van der Waals surface area contributed by atoms with Gasteiger partial charge in [-0.05, 0) is 18.2 Å². The number of pyridine rings is 1. The van der Waals surface area contributed by atoms with Gasteiger partial charge in [0.1, 0.15) is 5.83 Å². The lowest BCUT2D eigenvalue weighted by molar-refractivity contribution is 0.300. The van der Waals surface area contributed by atoms with Crippen LogP contribution in [0.25, 0.3) is 6.08 Å². The molecule has 1 aromatic heterocycles. The Labute approximate surface area is 64.0 Å². The van der Waals surface area contributed by atoms with Crippen LogP contribution in [0.2, 0.25) is 0 Å². The van der Waals surface area contributed by atoms with Crippen molar-refractivity contribution in [3.63, 3.8) is 0 Å². The number of aliphatic hydroxyl groups excluding tert-OH is 1. The van der Waals surface area contributed by atoms with Crippen LogP contribution in [0, 0.1) is 0 Å². The summed E-state index contributed by atoms with van der Waals surface area (Å²) in [7, 11) is 0. The molecule has 58 valence electrons. The van der Waals surface area contributed by atoms with E-state index in [4.69, 9.17) is 5.11 Å². The number of nitrogens with zero attached hydrogens (tertiary/aromatic N) is 1. The van der Waals surface area contributed by atoms with Gasteiger partial charge in [0, 0.05) is 6.20 Å². The third kappa shape index (κ3) is 2.47. The summed E-state index contributed by atoms with van der Waals surface area (Å²) in [6.45, 7) is -0.573. The molecule has 11 heavy (non-hydrogen) atoms. The van der Waals surface area contributed by atoms with Gasteiger partial charge in [-0.1, -0.05) is 6.07 Å². The first-order chi connectivity index (χ1) is 5.33. The van der Waals surface area contributed by atoms with Crippen molar-refractivity contribution in [3.8, 4) is 0 Å². The molecule has 0 amide bonds. The minimum absolute atomic E-state index is 0.513. The van der Waals surface area contributed by atoms with E-state index in [0.717, 1.165) is 0 Å². The second-order valence-corrected chi connectivity index (χ2v) is 2.00. The Kier molecular flexibility index (Phi) is 2.74. The number of hydrogen-bond acceptors (Lipinski definition) is 2. The topological polar surface area (TPSA) is 33.1 Å². The van der Waals surface area contributed by atoms with E-state index >= 15 is 0 Å². The van der Waals surface area contributed by atoms with Crippen molar-refractivity contribution >= 4 is 6.08 Å². The molecule has 1 heterocycles. The summed E-state index contributed by atoms with van der Waals surface area (Å²) in [6.07, 6.45) is 2.76. The van der Waals surface area contributed by atoms with Crippen LogP contribution in [0.1, 0.15) is 5.69 Å². The monoisotopic (exact) mass is 153 g/mol. The van der Waals surface area contributed by atoms with Crippen molar-refractivity contribution in [1.29, 1.82) is 0 Å². The number of aliphatic hydroxyl groups is 1. The molecule has 0 saturated carbocycles. The van der Waals surface area contributed by atoms with Gasteiger partial charge in [0.2, 0.25) is 0 Å². The molecule has 2 nitrogen and oxygen atoms in total. The molecule has 0 aliphatic heterocycles. The highest BCUT2D eigenvalue weighted by molar-refractivity contribution is 5.46. The third-order valence-corrected chi connectivity index (χ3v) is 1.14. The van der Waals surface area contributed by atoms with Crippen molar-refractivity contribution in [2.24, 2.45) is 0 Å². The fourth-order valence-electron chi connectivity index (χ4n) is 0.667. The first-order valence-corrected chi connectivity index (χ1v) is 3.21. The van der Waals surface area contributed by atoms with Crippen molar-refractivity contribution in [2.75, 3.05) is 6.61 Å². The summed E-state index contributed by atoms with van der Waals surface area (Å²) in [5.41, 5.74) is 0.513. The van der Waals surface area contributed by atoms with Gasteiger partial charge in [-0.3, -0.25) is 4.98 Å². The van der Waals surface area contributed by atoms with Crippen molar-refractivity contribution in [3.05, 3.63) is 35.9 Å². The second kappa shape index (κ2) is 3.83. The maximum absolute atomic E-state index is 12.4. The molecular weight excluding hydrogens is 145 g/mol. The summed E-state index contributed by atoms with van der Waals surface area (Å²) in [5, 5.41) is 8.33. The molecule has 0 spiro atoms. The van der Waals surface area contributed by atoms with Crippen LogP contribution in [0.4, 0.5) is 4.39 Å². The standard InChI is InChI=1S/C8H8FNO/c9-7(6-11)5-8-3-1-2-4-10-8/h1-5,11H,6H2/b7-5-. The van der Waals surface area contributed by atoms with Crippen molar-refractivity contribution in [1.82, 2.24) is 4.98 Å². The van der Waals surface area contributed by atoms with Gasteiger partial charge in [-0.25, -0.2) is 4.39 Å². The zero-order chi connectivity index (χ0) is 8.10. The minimum atomic E-state index is -0.580. The Morgan fingerprint density at radius 1 is 1.64 bits per heavy atom. The van der Waals surface area contributed by atoms with Gasteiger partial charge in [0.25, 0.3) is 0 Å². The zero-order valence-electron chi connectivity index (χ0n) is 5.87. The molecule has 0 atom stereocenters. The second-order valence-electron chi connectivity index (χ2n) is 2.00. The van der Waals surface area contributed by atoms with Gasteiger partial charge >= 0.3 is 0 Å². The Morgan fingerprint density at radius 3 is 3.00 bits per heavy atom. The first-order valence-electron chi connectivity index (χ1n) is 3.21. The summed E-state index contributed by atoms with van der Waals surface area (Å²) in [4.78, 5) is 3.84. The fraction of sp³-hybridized carbons (Fsp3) is 0.125. The van der Waals surface area contributed by atoms with Gasteiger partial charge in [-0.2, -0.15) is 0 Å². The van der Waals surface area contributed by atoms with Crippen LogP contribution in [-0.2, 0) is 0 Å². The van der Waals surface area contributed by atoms with E-state index in [1.54, 1.807) is 24.4 Å². The van der Waals surface area contributed by atoms with Crippen LogP contribution in [0.15, 0.2) is 30.2 Å². The number of rotatable bonds is 2. The van der Waals surface area contributed by atoms with Crippen LogP contribution in [-0.4, -0.2) is 16.7 Å². The van der Waals surface area contributed by atoms with Crippen LogP contribution in [0.5, 0.6) is 0 Å². The van der Waals surface area contributed by atoms with Crippen LogP contribution >= 0.6 is 0 Å². The molecule has 0 saturated heterocycles. The lowest BCUT2D eigenvalue weighted by Gasteiger charge is -1.90. The summed E-state index contributed by atoms with van der Waals surface area (Å²) < 4.78 is 12.4. The average molecular weight is 153 g/mol. The predicted molar refractivity (Wildman–Crippen MR) is 40.4 cm³/mol. The molecule has 1 rings (SSSR count). The van der Waals surface area contributed by atoms with Crippen molar-refractivity contribution < 1.29 is 9.50 Å². The molecule has 0 aliphatic rings. The van der Waals surface area contributed by atoms with Gasteiger partial charge < -0.3 is 5.11 Å². The molecule has 0 fully saturated rings. The Hall–Kier alpha value is -1.22. The Bertz CT molecular complexity index is 246.